The van der Waals surface area contributed by atoms with Crippen LogP contribution in [0.2, 0.25) is 0 Å². The molecule has 0 radical (unpaired) electrons. The number of anilines is 1. The summed E-state index contributed by atoms with van der Waals surface area (Å²) in [6.45, 7) is 9.76. The maximum absolute atomic E-state index is 15.3. The Hall–Kier alpha value is -2.43. The van der Waals surface area contributed by atoms with Crippen LogP contribution in [0.15, 0.2) is 30.3 Å². The van der Waals surface area contributed by atoms with Crippen molar-refractivity contribution < 1.29 is 18.3 Å². The Labute approximate surface area is 158 Å². The van der Waals surface area contributed by atoms with E-state index in [2.05, 4.69) is 20.8 Å². The lowest BCUT2D eigenvalue weighted by Crippen LogP contribution is -2.44. The van der Waals surface area contributed by atoms with E-state index >= 15 is 4.39 Å². The molecule has 0 saturated heterocycles. The number of carbonyl (C=O) groups excluding carboxylic acids is 1. The number of carbonyl (C=O) groups is 1. The normalized spacial score (nSPS) is 16.9. The highest BCUT2D eigenvalue weighted by atomic mass is 19.1. The van der Waals surface area contributed by atoms with E-state index in [9.17, 15) is 9.18 Å². The lowest BCUT2D eigenvalue weighted by atomic mass is 9.85. The van der Waals surface area contributed by atoms with Crippen molar-refractivity contribution in [1.82, 2.24) is 0 Å². The molecule has 0 aromatic heterocycles. The third-order valence-electron chi connectivity index (χ3n) is 4.66. The summed E-state index contributed by atoms with van der Waals surface area (Å²) in [4.78, 5) is 14.2. The third-order valence-corrected chi connectivity index (χ3v) is 4.66. The van der Waals surface area contributed by atoms with Gasteiger partial charge in [-0.3, -0.25) is 4.79 Å². The first-order chi connectivity index (χ1) is 12.6. The van der Waals surface area contributed by atoms with Crippen molar-refractivity contribution in [2.24, 2.45) is 5.41 Å². The lowest BCUT2D eigenvalue weighted by Gasteiger charge is -2.34. The van der Waals surface area contributed by atoms with Crippen molar-refractivity contribution in [3.63, 3.8) is 0 Å². The Morgan fingerprint density at radius 2 is 1.89 bits per heavy atom. The standard InChI is InChI=1S/C22H25F2NO2/c1-13-9-18-20(19(24)17(13)11-22(3,4)5)27-14(2)21(26)25(18)12-15-7-6-8-16(23)10-15/h6-10,14H,11-12H2,1-5H3/t14-/m1/s1. The van der Waals surface area contributed by atoms with Crippen LogP contribution in [0.3, 0.4) is 0 Å². The molecule has 0 spiro atoms. The Bertz CT molecular complexity index is 887. The van der Waals surface area contributed by atoms with Crippen molar-refractivity contribution >= 4 is 11.6 Å². The van der Waals surface area contributed by atoms with Gasteiger partial charge in [-0.05, 0) is 60.6 Å². The van der Waals surface area contributed by atoms with E-state index in [0.717, 1.165) is 5.56 Å². The zero-order chi connectivity index (χ0) is 19.9. The predicted octanol–water partition coefficient (Wildman–Crippen LogP) is 5.18. The van der Waals surface area contributed by atoms with E-state index in [1.807, 2.05) is 6.92 Å². The van der Waals surface area contributed by atoms with Crippen molar-refractivity contribution in [2.75, 3.05) is 4.90 Å². The Morgan fingerprint density at radius 1 is 1.19 bits per heavy atom. The highest BCUT2D eigenvalue weighted by molar-refractivity contribution is 6.00. The van der Waals surface area contributed by atoms with Crippen LogP contribution in [0.25, 0.3) is 0 Å². The molecular weight excluding hydrogens is 348 g/mol. The molecule has 5 heteroatoms. The van der Waals surface area contributed by atoms with Crippen LogP contribution >= 0.6 is 0 Å². The van der Waals surface area contributed by atoms with Crippen LogP contribution in [-0.2, 0) is 17.8 Å². The minimum atomic E-state index is -0.800. The summed E-state index contributed by atoms with van der Waals surface area (Å²) in [5.74, 6) is -0.953. The van der Waals surface area contributed by atoms with Crippen LogP contribution in [0.5, 0.6) is 5.75 Å². The lowest BCUT2D eigenvalue weighted by molar-refractivity contribution is -0.125. The number of rotatable bonds is 3. The maximum Gasteiger partial charge on any atom is 0.268 e. The van der Waals surface area contributed by atoms with Crippen molar-refractivity contribution in [3.05, 3.63) is 58.7 Å². The van der Waals surface area contributed by atoms with Crippen LogP contribution in [0.1, 0.15) is 44.4 Å². The van der Waals surface area contributed by atoms with E-state index < -0.39 is 11.9 Å². The second-order valence-corrected chi connectivity index (χ2v) is 8.39. The average Bonchev–Trinajstić information content (AvgIpc) is 2.56. The molecule has 3 nitrogen and oxygen atoms in total. The summed E-state index contributed by atoms with van der Waals surface area (Å²) in [6, 6.07) is 7.86. The number of nitrogens with zero attached hydrogens (tertiary/aromatic N) is 1. The number of amides is 1. The number of ether oxygens (including phenoxy) is 1. The van der Waals surface area contributed by atoms with Gasteiger partial charge >= 0.3 is 0 Å². The summed E-state index contributed by atoms with van der Waals surface area (Å²) in [5, 5.41) is 0. The van der Waals surface area contributed by atoms with Gasteiger partial charge in [0, 0.05) is 0 Å². The van der Waals surface area contributed by atoms with Crippen molar-refractivity contribution in [1.29, 1.82) is 0 Å². The molecule has 0 saturated carbocycles. The Kier molecular flexibility index (Phi) is 4.98. The zero-order valence-corrected chi connectivity index (χ0v) is 16.4. The molecule has 144 valence electrons. The molecule has 0 unspecified atom stereocenters. The van der Waals surface area contributed by atoms with Crippen LogP contribution in [0.4, 0.5) is 14.5 Å². The van der Waals surface area contributed by atoms with Gasteiger partial charge < -0.3 is 9.64 Å². The van der Waals surface area contributed by atoms with Crippen LogP contribution in [0, 0.1) is 24.0 Å². The van der Waals surface area contributed by atoms with Gasteiger partial charge in [0.25, 0.3) is 5.91 Å². The number of hydrogen-bond acceptors (Lipinski definition) is 2. The quantitative estimate of drug-likeness (QED) is 0.742. The first kappa shape index (κ1) is 19.3. The van der Waals surface area contributed by atoms with Gasteiger partial charge in [0.2, 0.25) is 0 Å². The molecule has 1 amide bonds. The molecule has 0 fully saturated rings. The molecule has 2 aromatic carbocycles. The molecule has 0 aliphatic carbocycles. The predicted molar refractivity (Wildman–Crippen MR) is 102 cm³/mol. The highest BCUT2D eigenvalue weighted by Crippen LogP contribution is 2.41. The number of hydrogen-bond donors (Lipinski definition) is 0. The summed E-state index contributed by atoms with van der Waals surface area (Å²) < 4.78 is 34.5. The summed E-state index contributed by atoms with van der Waals surface area (Å²) in [6.07, 6.45) is -0.237. The molecule has 27 heavy (non-hydrogen) atoms. The number of halogens is 2. The summed E-state index contributed by atoms with van der Waals surface area (Å²) in [7, 11) is 0. The van der Waals surface area contributed by atoms with E-state index in [1.54, 1.807) is 25.1 Å². The number of aryl methyl sites for hydroxylation is 1. The minimum Gasteiger partial charge on any atom is -0.476 e. The number of benzene rings is 2. The summed E-state index contributed by atoms with van der Waals surface area (Å²) in [5.41, 5.74) is 2.33. The average molecular weight is 373 g/mol. The van der Waals surface area contributed by atoms with Gasteiger partial charge in [-0.1, -0.05) is 32.9 Å². The van der Waals surface area contributed by atoms with Crippen LogP contribution in [-0.4, -0.2) is 12.0 Å². The molecule has 1 heterocycles. The zero-order valence-electron chi connectivity index (χ0n) is 16.4. The molecule has 1 aliphatic rings. The molecule has 1 atom stereocenters. The van der Waals surface area contributed by atoms with Crippen LogP contribution < -0.4 is 9.64 Å². The van der Waals surface area contributed by atoms with Gasteiger partial charge in [-0.25, -0.2) is 8.78 Å². The van der Waals surface area contributed by atoms with Gasteiger partial charge in [0.15, 0.2) is 17.7 Å². The molecule has 0 bridgehead atoms. The first-order valence-corrected chi connectivity index (χ1v) is 9.11. The fraction of sp³-hybridized carbons (Fsp3) is 0.409. The van der Waals surface area contributed by atoms with Gasteiger partial charge in [-0.2, -0.15) is 0 Å². The first-order valence-electron chi connectivity index (χ1n) is 9.11. The largest absolute Gasteiger partial charge is 0.476 e. The highest BCUT2D eigenvalue weighted by Gasteiger charge is 2.35. The van der Waals surface area contributed by atoms with E-state index in [1.165, 1.54) is 17.0 Å². The molecule has 3 rings (SSSR count). The maximum atomic E-state index is 15.3. The third kappa shape index (κ3) is 3.97. The van der Waals surface area contributed by atoms with Gasteiger partial charge in [0.1, 0.15) is 5.82 Å². The Balaban J connectivity index is 2.07. The fourth-order valence-electron chi connectivity index (χ4n) is 3.39. The van der Waals surface area contributed by atoms with E-state index in [0.29, 0.717) is 23.2 Å². The second kappa shape index (κ2) is 6.95. The van der Waals surface area contributed by atoms with Crippen molar-refractivity contribution in [2.45, 2.75) is 53.7 Å². The number of fused-ring (bicyclic) bond motifs is 1. The van der Waals surface area contributed by atoms with E-state index in [-0.39, 0.29) is 29.4 Å². The SMILES string of the molecule is Cc1cc2c(c(F)c1CC(C)(C)C)O[C@H](C)C(=O)N2Cc1cccc(F)c1. The fourth-order valence-corrected chi connectivity index (χ4v) is 3.39. The van der Waals surface area contributed by atoms with Gasteiger partial charge in [-0.15, -0.1) is 0 Å². The van der Waals surface area contributed by atoms with E-state index in [4.69, 9.17) is 4.74 Å². The second-order valence-electron chi connectivity index (χ2n) is 8.39. The Morgan fingerprint density at radius 3 is 2.52 bits per heavy atom. The molecule has 1 aliphatic heterocycles. The minimum absolute atomic E-state index is 0.0861. The molecule has 2 aromatic rings. The summed E-state index contributed by atoms with van der Waals surface area (Å²) >= 11 is 0. The van der Waals surface area contributed by atoms with Crippen molar-refractivity contribution in [3.8, 4) is 5.75 Å². The smallest absolute Gasteiger partial charge is 0.268 e. The topological polar surface area (TPSA) is 29.5 Å². The molecule has 0 N–H and O–H groups in total. The monoisotopic (exact) mass is 373 g/mol. The van der Waals surface area contributed by atoms with Gasteiger partial charge in [0.05, 0.1) is 12.2 Å². The molecular formula is C22H25F2NO2.